The molecule has 1 heterocycles. The van der Waals surface area contributed by atoms with Gasteiger partial charge in [-0.15, -0.1) is 0 Å². The zero-order chi connectivity index (χ0) is 7.56. The van der Waals surface area contributed by atoms with E-state index in [1.165, 1.54) is 6.42 Å². The van der Waals surface area contributed by atoms with Crippen LogP contribution in [0.15, 0.2) is 0 Å². The van der Waals surface area contributed by atoms with Gasteiger partial charge in [-0.05, 0) is 24.8 Å². The monoisotopic (exact) mass is 142 g/mol. The Kier molecular flexibility index (Phi) is 2.69. The van der Waals surface area contributed by atoms with E-state index in [-0.39, 0.29) is 0 Å². The number of nitrogens with two attached hydrogens (primary N) is 1. The highest BCUT2D eigenvalue weighted by Crippen LogP contribution is 2.16. The molecular formula is C8H18N2. The summed E-state index contributed by atoms with van der Waals surface area (Å²) in [6, 6.07) is 0.405. The first-order chi connectivity index (χ1) is 4.70. The third kappa shape index (κ3) is 1.96. The quantitative estimate of drug-likeness (QED) is 0.592. The van der Waals surface area contributed by atoms with Crippen molar-refractivity contribution >= 4 is 0 Å². The molecule has 0 radical (unpaired) electrons. The van der Waals surface area contributed by atoms with E-state index in [0.29, 0.717) is 6.04 Å². The minimum Gasteiger partial charge on any atom is -0.326 e. The van der Waals surface area contributed by atoms with E-state index in [2.05, 4.69) is 19.2 Å². The van der Waals surface area contributed by atoms with Crippen LogP contribution in [0.25, 0.3) is 0 Å². The van der Waals surface area contributed by atoms with Crippen molar-refractivity contribution in [2.45, 2.75) is 26.3 Å². The first kappa shape index (κ1) is 8.02. The first-order valence-corrected chi connectivity index (χ1v) is 4.16. The summed E-state index contributed by atoms with van der Waals surface area (Å²) < 4.78 is 0. The van der Waals surface area contributed by atoms with Gasteiger partial charge in [0.15, 0.2) is 0 Å². The van der Waals surface area contributed by atoms with Crippen LogP contribution in [-0.2, 0) is 0 Å². The summed E-state index contributed by atoms with van der Waals surface area (Å²) >= 11 is 0. The normalized spacial score (nSPS) is 33.6. The van der Waals surface area contributed by atoms with E-state index < -0.39 is 0 Å². The molecule has 2 nitrogen and oxygen atoms in total. The van der Waals surface area contributed by atoms with Crippen molar-refractivity contribution < 1.29 is 0 Å². The molecule has 10 heavy (non-hydrogen) atoms. The van der Waals surface area contributed by atoms with Crippen LogP contribution in [0, 0.1) is 11.8 Å². The van der Waals surface area contributed by atoms with Crippen LogP contribution in [0.1, 0.15) is 20.3 Å². The molecule has 1 fully saturated rings. The van der Waals surface area contributed by atoms with Gasteiger partial charge in [-0.2, -0.15) is 0 Å². The standard InChI is InChI=1S/C8H18N2/c1-6(2)3-7-4-10-5-8(7)9/h6-8,10H,3-5,9H2,1-2H3/t7-,8+/m0/s1. The van der Waals surface area contributed by atoms with Gasteiger partial charge >= 0.3 is 0 Å². The maximum Gasteiger partial charge on any atom is 0.0206 e. The van der Waals surface area contributed by atoms with Gasteiger partial charge < -0.3 is 11.1 Å². The molecule has 2 atom stereocenters. The minimum atomic E-state index is 0.405. The molecule has 1 aliphatic rings. The van der Waals surface area contributed by atoms with Crippen molar-refractivity contribution in [3.05, 3.63) is 0 Å². The molecule has 0 aliphatic carbocycles. The maximum absolute atomic E-state index is 5.86. The van der Waals surface area contributed by atoms with Gasteiger partial charge in [-0.1, -0.05) is 13.8 Å². The van der Waals surface area contributed by atoms with Gasteiger partial charge in [0.05, 0.1) is 0 Å². The van der Waals surface area contributed by atoms with Crippen molar-refractivity contribution in [3.8, 4) is 0 Å². The molecule has 60 valence electrons. The van der Waals surface area contributed by atoms with Crippen LogP contribution in [0.4, 0.5) is 0 Å². The minimum absolute atomic E-state index is 0.405. The molecule has 0 saturated carbocycles. The second-order valence-corrected chi connectivity index (χ2v) is 3.71. The van der Waals surface area contributed by atoms with Crippen LogP contribution in [0.2, 0.25) is 0 Å². The molecular weight excluding hydrogens is 124 g/mol. The molecule has 0 bridgehead atoms. The fraction of sp³-hybridized carbons (Fsp3) is 1.00. The van der Waals surface area contributed by atoms with E-state index >= 15 is 0 Å². The second-order valence-electron chi connectivity index (χ2n) is 3.71. The molecule has 0 amide bonds. The van der Waals surface area contributed by atoms with Crippen molar-refractivity contribution in [3.63, 3.8) is 0 Å². The molecule has 0 aromatic rings. The predicted molar refractivity (Wildman–Crippen MR) is 43.8 cm³/mol. The van der Waals surface area contributed by atoms with Crippen LogP contribution in [0.3, 0.4) is 0 Å². The topological polar surface area (TPSA) is 38.0 Å². The number of hydrogen-bond acceptors (Lipinski definition) is 2. The summed E-state index contributed by atoms with van der Waals surface area (Å²) in [7, 11) is 0. The highest BCUT2D eigenvalue weighted by Gasteiger charge is 2.23. The Hall–Kier alpha value is -0.0800. The third-order valence-corrected chi connectivity index (χ3v) is 2.17. The molecule has 1 aliphatic heterocycles. The Balaban J connectivity index is 2.26. The third-order valence-electron chi connectivity index (χ3n) is 2.17. The van der Waals surface area contributed by atoms with Gasteiger partial charge in [0, 0.05) is 12.6 Å². The molecule has 2 heteroatoms. The second kappa shape index (κ2) is 3.35. The van der Waals surface area contributed by atoms with Crippen molar-refractivity contribution in [2.24, 2.45) is 17.6 Å². The summed E-state index contributed by atoms with van der Waals surface area (Å²) in [6.45, 7) is 6.65. The number of hydrogen-bond donors (Lipinski definition) is 2. The van der Waals surface area contributed by atoms with Crippen molar-refractivity contribution in [1.82, 2.24) is 5.32 Å². The van der Waals surface area contributed by atoms with E-state index in [1.54, 1.807) is 0 Å². The van der Waals surface area contributed by atoms with Crippen LogP contribution in [0.5, 0.6) is 0 Å². The Morgan fingerprint density at radius 3 is 2.60 bits per heavy atom. The molecule has 0 spiro atoms. The lowest BCUT2D eigenvalue weighted by atomic mass is 9.94. The van der Waals surface area contributed by atoms with E-state index in [1.807, 2.05) is 0 Å². The Morgan fingerprint density at radius 2 is 2.20 bits per heavy atom. The SMILES string of the molecule is CC(C)C[C@H]1CNC[C@H]1N. The molecule has 0 unspecified atom stereocenters. The molecule has 1 rings (SSSR count). The van der Waals surface area contributed by atoms with Gasteiger partial charge in [0.2, 0.25) is 0 Å². The van der Waals surface area contributed by atoms with Crippen molar-refractivity contribution in [1.29, 1.82) is 0 Å². The predicted octanol–water partition coefficient (Wildman–Crippen LogP) is 0.579. The van der Waals surface area contributed by atoms with E-state index in [0.717, 1.165) is 24.9 Å². The molecule has 0 aromatic heterocycles. The fourth-order valence-corrected chi connectivity index (χ4v) is 1.62. The highest BCUT2D eigenvalue weighted by molar-refractivity contribution is 4.84. The number of rotatable bonds is 2. The lowest BCUT2D eigenvalue weighted by Crippen LogP contribution is -2.29. The smallest absolute Gasteiger partial charge is 0.0206 e. The van der Waals surface area contributed by atoms with Crippen molar-refractivity contribution in [2.75, 3.05) is 13.1 Å². The summed E-state index contributed by atoms with van der Waals surface area (Å²) in [5, 5.41) is 3.30. The van der Waals surface area contributed by atoms with Crippen LogP contribution < -0.4 is 11.1 Å². The van der Waals surface area contributed by atoms with Gasteiger partial charge in [-0.3, -0.25) is 0 Å². The zero-order valence-electron chi connectivity index (χ0n) is 6.93. The lowest BCUT2D eigenvalue weighted by Gasteiger charge is -2.15. The fourth-order valence-electron chi connectivity index (χ4n) is 1.62. The van der Waals surface area contributed by atoms with Crippen LogP contribution >= 0.6 is 0 Å². The van der Waals surface area contributed by atoms with Gasteiger partial charge in [0.25, 0.3) is 0 Å². The zero-order valence-corrected chi connectivity index (χ0v) is 6.93. The Bertz CT molecular complexity index is 101. The average Bonchev–Trinajstić information content (AvgIpc) is 2.15. The Labute approximate surface area is 63.2 Å². The number of nitrogens with one attached hydrogen (secondary N) is 1. The summed E-state index contributed by atoms with van der Waals surface area (Å²) in [6.07, 6.45) is 1.27. The summed E-state index contributed by atoms with van der Waals surface area (Å²) in [5.41, 5.74) is 5.86. The largest absolute Gasteiger partial charge is 0.326 e. The van der Waals surface area contributed by atoms with E-state index in [9.17, 15) is 0 Å². The molecule has 1 saturated heterocycles. The van der Waals surface area contributed by atoms with E-state index in [4.69, 9.17) is 5.73 Å². The van der Waals surface area contributed by atoms with Gasteiger partial charge in [-0.25, -0.2) is 0 Å². The molecule has 3 N–H and O–H groups in total. The van der Waals surface area contributed by atoms with Crippen LogP contribution in [-0.4, -0.2) is 19.1 Å². The molecule has 0 aromatic carbocycles. The summed E-state index contributed by atoms with van der Waals surface area (Å²) in [5.74, 6) is 1.51. The maximum atomic E-state index is 5.86. The summed E-state index contributed by atoms with van der Waals surface area (Å²) in [4.78, 5) is 0. The highest BCUT2D eigenvalue weighted by atomic mass is 15.0. The first-order valence-electron chi connectivity index (χ1n) is 4.16. The lowest BCUT2D eigenvalue weighted by molar-refractivity contribution is 0.405. The average molecular weight is 142 g/mol. The Morgan fingerprint density at radius 1 is 1.50 bits per heavy atom. The van der Waals surface area contributed by atoms with Gasteiger partial charge in [0.1, 0.15) is 0 Å².